The molecule has 0 bridgehead atoms. The topological polar surface area (TPSA) is 0 Å². The number of rotatable bonds is 6. The predicted molar refractivity (Wildman–Crippen MR) is 232 cm³/mol. The second kappa shape index (κ2) is 13.5. The lowest BCUT2D eigenvalue weighted by atomic mass is 9.86. The summed E-state index contributed by atoms with van der Waals surface area (Å²) in [6.07, 6.45) is 0. The molecule has 0 aromatic heterocycles. The molecule has 252 valence electrons. The maximum Gasteiger partial charge on any atom is -0.00926 e. The van der Waals surface area contributed by atoms with Gasteiger partial charge in [0.1, 0.15) is 0 Å². The van der Waals surface area contributed by atoms with E-state index in [0.717, 1.165) is 0 Å². The van der Waals surface area contributed by atoms with Crippen LogP contribution in [0.2, 0.25) is 0 Å². The highest BCUT2D eigenvalue weighted by atomic mass is 14.2. The fourth-order valence-electron chi connectivity index (χ4n) is 8.00. The predicted octanol–water partition coefficient (Wildman–Crippen LogP) is 15.1. The molecule has 54 heavy (non-hydrogen) atoms. The molecule has 0 spiro atoms. The molecule has 10 aromatic carbocycles. The lowest BCUT2D eigenvalue weighted by molar-refractivity contribution is 1.58. The molecule has 0 N–H and O–H groups in total. The number of hydrogen-bond acceptors (Lipinski definition) is 0. The Labute approximate surface area is 316 Å². The summed E-state index contributed by atoms with van der Waals surface area (Å²) in [6.45, 7) is 0. The first kappa shape index (κ1) is 31.7. The van der Waals surface area contributed by atoms with Crippen LogP contribution < -0.4 is 0 Å². The third-order valence-electron chi connectivity index (χ3n) is 10.8. The van der Waals surface area contributed by atoms with Crippen LogP contribution in [0.15, 0.2) is 218 Å². The van der Waals surface area contributed by atoms with E-state index in [2.05, 4.69) is 218 Å². The highest BCUT2D eigenvalue weighted by Gasteiger charge is 2.16. The Kier molecular flexibility index (Phi) is 7.93. The van der Waals surface area contributed by atoms with Gasteiger partial charge in [0, 0.05) is 0 Å². The first-order valence-corrected chi connectivity index (χ1v) is 18.7. The monoisotopic (exact) mass is 684 g/mol. The minimum absolute atomic E-state index is 1.20. The number of hydrogen-bond donors (Lipinski definition) is 0. The smallest absolute Gasteiger partial charge is 0.00926 e. The Hall–Kier alpha value is -7.02. The minimum Gasteiger partial charge on any atom is -0.0622 e. The molecule has 10 rings (SSSR count). The largest absolute Gasteiger partial charge is 0.0622 e. The zero-order valence-corrected chi connectivity index (χ0v) is 29.8. The molecule has 0 amide bonds. The summed E-state index contributed by atoms with van der Waals surface area (Å²) < 4.78 is 0. The first-order chi connectivity index (χ1) is 26.7. The number of benzene rings is 10. The maximum absolute atomic E-state index is 2.40. The molecule has 0 heterocycles. The van der Waals surface area contributed by atoms with Crippen molar-refractivity contribution in [1.82, 2.24) is 0 Å². The lowest BCUT2D eigenvalue weighted by Gasteiger charge is -2.18. The van der Waals surface area contributed by atoms with Crippen LogP contribution in [0.25, 0.3) is 99.1 Å². The molecule has 0 saturated heterocycles. The average molecular weight is 685 g/mol. The van der Waals surface area contributed by atoms with E-state index in [9.17, 15) is 0 Å². The van der Waals surface area contributed by atoms with Crippen molar-refractivity contribution < 1.29 is 0 Å². The Morgan fingerprint density at radius 3 is 0.963 bits per heavy atom. The molecular weight excluding hydrogens is 649 g/mol. The second-order valence-electron chi connectivity index (χ2n) is 14.2. The molecule has 0 aliphatic carbocycles. The zero-order chi connectivity index (χ0) is 35.8. The van der Waals surface area contributed by atoms with Crippen molar-refractivity contribution >= 4 is 32.3 Å². The zero-order valence-electron chi connectivity index (χ0n) is 29.8. The Morgan fingerprint density at radius 1 is 0.167 bits per heavy atom. The van der Waals surface area contributed by atoms with Gasteiger partial charge >= 0.3 is 0 Å². The van der Waals surface area contributed by atoms with Crippen molar-refractivity contribution in [2.75, 3.05) is 0 Å². The average Bonchev–Trinajstić information content (AvgIpc) is 3.26. The van der Waals surface area contributed by atoms with Crippen LogP contribution in [-0.2, 0) is 0 Å². The molecule has 10 aromatic rings. The van der Waals surface area contributed by atoms with Gasteiger partial charge in [0.05, 0.1) is 0 Å². The van der Waals surface area contributed by atoms with Crippen molar-refractivity contribution in [3.63, 3.8) is 0 Å². The third kappa shape index (κ3) is 5.94. The Balaban J connectivity index is 1.22. The second-order valence-corrected chi connectivity index (χ2v) is 14.2. The first-order valence-electron chi connectivity index (χ1n) is 18.7. The van der Waals surface area contributed by atoms with Crippen LogP contribution in [0.5, 0.6) is 0 Å². The molecule has 0 aliphatic rings. The van der Waals surface area contributed by atoms with Crippen molar-refractivity contribution in [3.05, 3.63) is 218 Å². The summed E-state index contributed by atoms with van der Waals surface area (Å²) in [5.41, 5.74) is 14.5. The summed E-state index contributed by atoms with van der Waals surface area (Å²) in [4.78, 5) is 0. The summed E-state index contributed by atoms with van der Waals surface area (Å²) >= 11 is 0. The standard InChI is InChI=1S/C54H36/c1-3-13-37(14-4-1)49-33-51(47-23-11-21-43(31-47)45-27-25-39-17-7-9-19-41(39)29-45)54-36-50(38-15-5-2-6-16-38)34-52(53(54)35-49)48-24-12-22-44(32-48)46-28-26-40-18-8-10-20-42(40)30-46/h1-36H. The van der Waals surface area contributed by atoms with Gasteiger partial charge in [-0.05, 0) is 148 Å². The van der Waals surface area contributed by atoms with E-state index in [0.29, 0.717) is 0 Å². The maximum atomic E-state index is 2.40. The van der Waals surface area contributed by atoms with Gasteiger partial charge in [-0.3, -0.25) is 0 Å². The fraction of sp³-hybridized carbons (Fsp3) is 0. The number of fused-ring (bicyclic) bond motifs is 3. The molecule has 0 radical (unpaired) electrons. The van der Waals surface area contributed by atoms with E-state index in [1.54, 1.807) is 0 Å². The van der Waals surface area contributed by atoms with Crippen molar-refractivity contribution in [1.29, 1.82) is 0 Å². The van der Waals surface area contributed by atoms with E-state index >= 15 is 0 Å². The van der Waals surface area contributed by atoms with Gasteiger partial charge < -0.3 is 0 Å². The van der Waals surface area contributed by atoms with Crippen molar-refractivity contribution in [3.8, 4) is 66.8 Å². The lowest BCUT2D eigenvalue weighted by Crippen LogP contribution is -1.92. The summed E-state index contributed by atoms with van der Waals surface area (Å²) in [7, 11) is 0. The molecular formula is C54H36. The van der Waals surface area contributed by atoms with Gasteiger partial charge in [0.15, 0.2) is 0 Å². The van der Waals surface area contributed by atoms with Gasteiger partial charge in [-0.2, -0.15) is 0 Å². The van der Waals surface area contributed by atoms with Gasteiger partial charge in [0.2, 0.25) is 0 Å². The SMILES string of the molecule is c1ccc(-c2cc(-c3cccc(-c4ccc5ccccc5c4)c3)c3cc(-c4ccccc4)cc(-c4cccc(-c5ccc6ccccc6c5)c4)c3c2)cc1. The van der Waals surface area contributed by atoms with Crippen LogP contribution >= 0.6 is 0 Å². The Bertz CT molecular complexity index is 2770. The molecule has 0 nitrogen and oxygen atoms in total. The quantitative estimate of drug-likeness (QED) is 0.164. The molecule has 0 unspecified atom stereocenters. The van der Waals surface area contributed by atoms with Crippen LogP contribution in [0, 0.1) is 0 Å². The van der Waals surface area contributed by atoms with E-state index in [1.807, 2.05) is 0 Å². The van der Waals surface area contributed by atoms with E-state index in [4.69, 9.17) is 0 Å². The van der Waals surface area contributed by atoms with Crippen molar-refractivity contribution in [2.45, 2.75) is 0 Å². The highest BCUT2D eigenvalue weighted by Crippen LogP contribution is 2.43. The van der Waals surface area contributed by atoms with Crippen LogP contribution in [-0.4, -0.2) is 0 Å². The molecule has 0 aliphatic heterocycles. The van der Waals surface area contributed by atoms with E-state index in [-0.39, 0.29) is 0 Å². The Morgan fingerprint density at radius 2 is 0.519 bits per heavy atom. The third-order valence-corrected chi connectivity index (χ3v) is 10.8. The summed E-state index contributed by atoms with van der Waals surface area (Å²) in [6, 6.07) is 80.0. The van der Waals surface area contributed by atoms with Crippen LogP contribution in [0.4, 0.5) is 0 Å². The van der Waals surface area contributed by atoms with Gasteiger partial charge in [-0.25, -0.2) is 0 Å². The van der Waals surface area contributed by atoms with Gasteiger partial charge in [-0.15, -0.1) is 0 Å². The summed E-state index contributed by atoms with van der Waals surface area (Å²) in [5.74, 6) is 0. The summed E-state index contributed by atoms with van der Waals surface area (Å²) in [5, 5.41) is 7.48. The molecule has 0 saturated carbocycles. The van der Waals surface area contributed by atoms with Crippen LogP contribution in [0.1, 0.15) is 0 Å². The minimum atomic E-state index is 1.20. The van der Waals surface area contributed by atoms with Gasteiger partial charge in [0.25, 0.3) is 0 Å². The van der Waals surface area contributed by atoms with Crippen LogP contribution in [0.3, 0.4) is 0 Å². The fourth-order valence-corrected chi connectivity index (χ4v) is 8.00. The van der Waals surface area contributed by atoms with E-state index in [1.165, 1.54) is 99.1 Å². The normalized spacial score (nSPS) is 11.3. The van der Waals surface area contributed by atoms with Gasteiger partial charge in [-0.1, -0.05) is 170 Å². The van der Waals surface area contributed by atoms with Crippen molar-refractivity contribution in [2.24, 2.45) is 0 Å². The highest BCUT2D eigenvalue weighted by molar-refractivity contribution is 6.09. The molecule has 0 atom stereocenters. The van der Waals surface area contributed by atoms with E-state index < -0.39 is 0 Å². The molecule has 0 heteroatoms. The molecule has 0 fully saturated rings.